The van der Waals surface area contributed by atoms with Gasteiger partial charge in [0.15, 0.2) is 0 Å². The van der Waals surface area contributed by atoms with E-state index in [1.165, 1.54) is 44.1 Å². The van der Waals surface area contributed by atoms with E-state index >= 15 is 0 Å². The Labute approximate surface area is 216 Å². The Balaban J connectivity index is 0.000000223. The van der Waals surface area contributed by atoms with Gasteiger partial charge in [-0.2, -0.15) is 61.4 Å². The van der Waals surface area contributed by atoms with Crippen molar-refractivity contribution in [3.05, 3.63) is 134 Å². The molecule has 0 atom stereocenters. The van der Waals surface area contributed by atoms with Crippen molar-refractivity contribution in [2.75, 3.05) is 0 Å². The van der Waals surface area contributed by atoms with Crippen molar-refractivity contribution in [1.82, 2.24) is 0 Å². The second-order valence-corrected chi connectivity index (χ2v) is 7.99. The fourth-order valence-corrected chi connectivity index (χ4v) is 3.59. The quantitative estimate of drug-likeness (QED) is 0.363. The average Bonchev–Trinajstić information content (AvgIpc) is 3.54. The van der Waals surface area contributed by atoms with E-state index in [4.69, 9.17) is 0 Å². The van der Waals surface area contributed by atoms with Gasteiger partial charge in [0.05, 0.1) is 0 Å². The molecule has 3 aliphatic carbocycles. The molecular weight excluding hydrogens is 464 g/mol. The van der Waals surface area contributed by atoms with Gasteiger partial charge >= 0.3 is 26.2 Å². The Bertz CT molecular complexity index is 759. The summed E-state index contributed by atoms with van der Waals surface area (Å²) in [5.41, 5.74) is 3.62. The van der Waals surface area contributed by atoms with Crippen LogP contribution in [0.25, 0.3) is 0 Å². The first-order chi connectivity index (χ1) is 15.2. The minimum Gasteiger partial charge on any atom is -0.273 e. The van der Waals surface area contributed by atoms with Gasteiger partial charge in [-0.05, 0) is 5.92 Å². The van der Waals surface area contributed by atoms with E-state index in [0.717, 1.165) is 29.9 Å². The fraction of sp³-hybridized carbons (Fsp3) is 0.290. The van der Waals surface area contributed by atoms with E-state index in [1.807, 2.05) is 72.8 Å². The molecule has 0 unspecified atom stereocenters. The van der Waals surface area contributed by atoms with Crippen LogP contribution in [0.4, 0.5) is 0 Å². The molecule has 2 aromatic carbocycles. The monoisotopic (exact) mass is 498 g/mol. The molecule has 1 heteroatoms. The molecule has 164 valence electrons. The van der Waals surface area contributed by atoms with Gasteiger partial charge in [0.1, 0.15) is 0 Å². The number of allylic oxidation sites excluding steroid dienone is 8. The largest absolute Gasteiger partial charge is 4.00 e. The van der Waals surface area contributed by atoms with E-state index < -0.39 is 0 Å². The molecule has 1 saturated carbocycles. The first-order valence-electron chi connectivity index (χ1n) is 11.5. The van der Waals surface area contributed by atoms with Gasteiger partial charge in [0, 0.05) is 0 Å². The summed E-state index contributed by atoms with van der Waals surface area (Å²) in [5, 5.41) is 0. The van der Waals surface area contributed by atoms with Crippen molar-refractivity contribution in [3.8, 4) is 0 Å². The van der Waals surface area contributed by atoms with Crippen molar-refractivity contribution < 1.29 is 26.2 Å². The molecule has 1 fully saturated rings. The molecule has 0 aromatic heterocycles. The summed E-state index contributed by atoms with van der Waals surface area (Å²) in [6.07, 6.45) is 27.6. The van der Waals surface area contributed by atoms with Crippen molar-refractivity contribution in [2.24, 2.45) is 5.92 Å². The van der Waals surface area contributed by atoms with Crippen LogP contribution in [-0.4, -0.2) is 0 Å². The van der Waals surface area contributed by atoms with Crippen molar-refractivity contribution in [1.29, 1.82) is 0 Å². The van der Waals surface area contributed by atoms with Crippen LogP contribution in [0.3, 0.4) is 0 Å². The number of benzene rings is 2. The third-order valence-electron chi connectivity index (χ3n) is 5.27. The Hall–Kier alpha value is -1.98. The van der Waals surface area contributed by atoms with Gasteiger partial charge in [-0.1, -0.05) is 50.7 Å². The second kappa shape index (κ2) is 18.6. The molecule has 0 amide bonds. The van der Waals surface area contributed by atoms with E-state index in [0.29, 0.717) is 0 Å². The van der Waals surface area contributed by atoms with Crippen LogP contribution in [0.5, 0.6) is 0 Å². The van der Waals surface area contributed by atoms with Crippen molar-refractivity contribution in [3.63, 3.8) is 0 Å². The summed E-state index contributed by atoms with van der Waals surface area (Å²) in [6.45, 7) is 7.44. The van der Waals surface area contributed by atoms with Crippen LogP contribution in [0.2, 0.25) is 0 Å². The molecule has 0 aliphatic heterocycles. The Morgan fingerprint density at radius 1 is 0.750 bits per heavy atom. The zero-order valence-corrected chi connectivity index (χ0v) is 21.8. The number of hydrogen-bond donors (Lipinski definition) is 0. The summed E-state index contributed by atoms with van der Waals surface area (Å²) in [6, 6.07) is 19.7. The topological polar surface area (TPSA) is 0 Å². The number of hydrogen-bond acceptors (Lipinski definition) is 0. The minimum atomic E-state index is 0. The van der Waals surface area contributed by atoms with Crippen LogP contribution in [-0.2, 0) is 26.2 Å². The van der Waals surface area contributed by atoms with E-state index in [9.17, 15) is 0 Å². The molecule has 3 aliphatic rings. The Kier molecular flexibility index (Phi) is 16.3. The van der Waals surface area contributed by atoms with Crippen LogP contribution in [0, 0.1) is 31.9 Å². The smallest absolute Gasteiger partial charge is 0.273 e. The summed E-state index contributed by atoms with van der Waals surface area (Å²) in [5.74, 6) is 0.976. The third kappa shape index (κ3) is 14.2. The summed E-state index contributed by atoms with van der Waals surface area (Å²) in [4.78, 5) is 0. The third-order valence-corrected chi connectivity index (χ3v) is 5.27. The van der Waals surface area contributed by atoms with Crippen molar-refractivity contribution >= 4 is 0 Å². The van der Waals surface area contributed by atoms with E-state index in [-0.39, 0.29) is 26.2 Å². The van der Waals surface area contributed by atoms with Crippen molar-refractivity contribution in [2.45, 2.75) is 51.4 Å². The molecule has 0 heterocycles. The SMILES string of the molecule is [C-]1=C(CC2CCCCC2)C=CC1.[C-]1=CC=CC1.[CH2-]c1ccccc1.[CH2-]c1ccccc1.[Zr+4]. The van der Waals surface area contributed by atoms with Gasteiger partial charge in [-0.15, -0.1) is 37.1 Å². The van der Waals surface area contributed by atoms with Crippen LogP contribution in [0.15, 0.2) is 96.6 Å². The molecule has 0 nitrogen and oxygen atoms in total. The van der Waals surface area contributed by atoms with Crippen LogP contribution < -0.4 is 0 Å². The van der Waals surface area contributed by atoms with Gasteiger partial charge < -0.3 is 0 Å². The predicted octanol–water partition coefficient (Wildman–Crippen LogP) is 8.69. The van der Waals surface area contributed by atoms with Crippen LogP contribution >= 0.6 is 0 Å². The second-order valence-electron chi connectivity index (χ2n) is 7.99. The first-order valence-corrected chi connectivity index (χ1v) is 11.5. The zero-order valence-electron chi connectivity index (χ0n) is 19.3. The van der Waals surface area contributed by atoms with E-state index in [2.05, 4.69) is 44.2 Å². The van der Waals surface area contributed by atoms with Crippen LogP contribution in [0.1, 0.15) is 62.5 Å². The molecule has 0 spiro atoms. The number of rotatable bonds is 2. The summed E-state index contributed by atoms with van der Waals surface area (Å²) >= 11 is 0. The normalized spacial score (nSPS) is 15.7. The fourth-order valence-electron chi connectivity index (χ4n) is 3.59. The minimum absolute atomic E-state index is 0. The molecule has 0 N–H and O–H groups in total. The first kappa shape index (κ1) is 28.1. The summed E-state index contributed by atoms with van der Waals surface area (Å²) < 4.78 is 0. The zero-order chi connectivity index (χ0) is 22.0. The predicted molar refractivity (Wildman–Crippen MR) is 135 cm³/mol. The maximum atomic E-state index is 3.72. The van der Waals surface area contributed by atoms with Gasteiger partial charge in [0.2, 0.25) is 0 Å². The van der Waals surface area contributed by atoms with Gasteiger partial charge in [0.25, 0.3) is 0 Å². The molecule has 0 saturated heterocycles. The molecule has 0 bridgehead atoms. The molecule has 5 rings (SSSR count). The maximum absolute atomic E-state index is 3.72. The summed E-state index contributed by atoms with van der Waals surface area (Å²) in [7, 11) is 0. The molecule has 2 aromatic rings. The Morgan fingerprint density at radius 3 is 1.69 bits per heavy atom. The maximum Gasteiger partial charge on any atom is 4.00 e. The molecule has 32 heavy (non-hydrogen) atoms. The van der Waals surface area contributed by atoms with Gasteiger partial charge in [-0.25, -0.2) is 23.8 Å². The standard InChI is InChI=1S/C12H17.2C7H7.C5H5.Zr/c1-2-6-11(7-3-1)10-12-8-4-5-9-12;2*1-7-5-3-2-4-6-7;1-2-4-5-3-1;/h4,8,11H,1-3,5-7,10H2;2*2-6H,1H2;1-3H,4H2;/q4*-1;+4. The molecular formula is C31H36Zr. The average molecular weight is 500 g/mol. The Morgan fingerprint density at radius 2 is 1.34 bits per heavy atom. The van der Waals surface area contributed by atoms with E-state index in [1.54, 1.807) is 0 Å². The van der Waals surface area contributed by atoms with Gasteiger partial charge in [-0.3, -0.25) is 12.2 Å². The molecule has 0 radical (unpaired) electrons.